The first-order valence-electron chi connectivity index (χ1n) is 2.88. The van der Waals surface area contributed by atoms with Crippen LogP contribution in [0.2, 0.25) is 0 Å². The fourth-order valence-corrected chi connectivity index (χ4v) is 1.01. The summed E-state index contributed by atoms with van der Waals surface area (Å²) in [5.41, 5.74) is 0. The summed E-state index contributed by atoms with van der Waals surface area (Å²) in [5.74, 6) is 0.726. The molecule has 0 spiro atoms. The Kier molecular flexibility index (Phi) is 1.17. The van der Waals surface area contributed by atoms with Crippen LogP contribution in [-0.2, 0) is 0 Å². The third-order valence-electron chi connectivity index (χ3n) is 1.31. The minimum absolute atomic E-state index is 0.0301. The molecule has 3 nitrogen and oxygen atoms in total. The Morgan fingerprint density at radius 2 is 2.40 bits per heavy atom. The van der Waals surface area contributed by atoms with Gasteiger partial charge >= 0.3 is 0 Å². The van der Waals surface area contributed by atoms with Gasteiger partial charge in [-0.1, -0.05) is 11.6 Å². The van der Waals surface area contributed by atoms with Gasteiger partial charge in [0.25, 0.3) is 0 Å². The number of aliphatic imine (C=N–C) groups is 3. The van der Waals surface area contributed by atoms with Gasteiger partial charge in [0.1, 0.15) is 11.2 Å². The van der Waals surface area contributed by atoms with Gasteiger partial charge in [-0.3, -0.25) is 4.99 Å². The Morgan fingerprint density at radius 3 is 3.30 bits per heavy atom. The van der Waals surface area contributed by atoms with Gasteiger partial charge in [-0.05, 0) is 6.08 Å². The van der Waals surface area contributed by atoms with Crippen molar-refractivity contribution in [3.8, 4) is 0 Å². The van der Waals surface area contributed by atoms with Crippen molar-refractivity contribution >= 4 is 28.8 Å². The highest BCUT2D eigenvalue weighted by atomic mass is 35.5. The van der Waals surface area contributed by atoms with Crippen LogP contribution in [-0.4, -0.2) is 23.3 Å². The lowest BCUT2D eigenvalue weighted by molar-refractivity contribution is 1.09. The van der Waals surface area contributed by atoms with E-state index in [-0.39, 0.29) is 6.04 Å². The largest absolute Gasteiger partial charge is 0.256 e. The summed E-state index contributed by atoms with van der Waals surface area (Å²) in [6.07, 6.45) is 5.05. The van der Waals surface area contributed by atoms with E-state index in [1.165, 1.54) is 6.21 Å². The van der Waals surface area contributed by atoms with Crippen molar-refractivity contribution in [1.29, 1.82) is 0 Å². The molecule has 1 atom stereocenters. The SMILES string of the molecule is ClC1=NC2C=CN=C2N=C1. The summed E-state index contributed by atoms with van der Waals surface area (Å²) in [7, 11) is 0. The molecule has 10 heavy (non-hydrogen) atoms. The molecule has 0 N–H and O–H groups in total. The molecule has 0 aromatic heterocycles. The smallest absolute Gasteiger partial charge is 0.156 e. The molecule has 0 amide bonds. The van der Waals surface area contributed by atoms with Gasteiger partial charge in [0.05, 0.1) is 6.21 Å². The van der Waals surface area contributed by atoms with Crippen molar-refractivity contribution in [3.63, 3.8) is 0 Å². The van der Waals surface area contributed by atoms with E-state index < -0.39 is 0 Å². The van der Waals surface area contributed by atoms with Gasteiger partial charge in [0.15, 0.2) is 5.84 Å². The highest BCUT2D eigenvalue weighted by molar-refractivity contribution is 6.80. The second kappa shape index (κ2) is 2.02. The molecule has 2 aliphatic heterocycles. The van der Waals surface area contributed by atoms with Crippen LogP contribution in [0.5, 0.6) is 0 Å². The lowest BCUT2D eigenvalue weighted by Gasteiger charge is -2.05. The monoisotopic (exact) mass is 153 g/mol. The van der Waals surface area contributed by atoms with Gasteiger partial charge in [0, 0.05) is 6.20 Å². The number of fused-ring (bicyclic) bond motifs is 1. The van der Waals surface area contributed by atoms with E-state index in [0.29, 0.717) is 5.17 Å². The number of hydrogen-bond acceptors (Lipinski definition) is 3. The highest BCUT2D eigenvalue weighted by Gasteiger charge is 2.17. The lowest BCUT2D eigenvalue weighted by atomic mass is 10.3. The van der Waals surface area contributed by atoms with Gasteiger partial charge in [-0.25, -0.2) is 9.98 Å². The van der Waals surface area contributed by atoms with E-state index >= 15 is 0 Å². The van der Waals surface area contributed by atoms with Crippen molar-refractivity contribution < 1.29 is 0 Å². The van der Waals surface area contributed by atoms with Crippen molar-refractivity contribution in [3.05, 3.63) is 12.3 Å². The Hall–Kier alpha value is -0.960. The Labute approximate surface area is 62.9 Å². The van der Waals surface area contributed by atoms with E-state index in [1.54, 1.807) is 6.20 Å². The molecule has 50 valence electrons. The number of rotatable bonds is 0. The van der Waals surface area contributed by atoms with Gasteiger partial charge in [0.2, 0.25) is 0 Å². The van der Waals surface area contributed by atoms with E-state index in [0.717, 1.165) is 5.84 Å². The Morgan fingerprint density at radius 1 is 1.50 bits per heavy atom. The number of hydrogen-bond donors (Lipinski definition) is 0. The van der Waals surface area contributed by atoms with Gasteiger partial charge in [-0.15, -0.1) is 0 Å². The van der Waals surface area contributed by atoms with Gasteiger partial charge in [-0.2, -0.15) is 0 Å². The standard InChI is InChI=1S/C6H4ClN3/c7-5-3-9-6-4(10-5)1-2-8-6/h1-4H. The third-order valence-corrected chi connectivity index (χ3v) is 1.50. The Bertz CT molecular complexity index is 275. The normalized spacial score (nSPS) is 27.9. The van der Waals surface area contributed by atoms with Crippen LogP contribution in [0.25, 0.3) is 0 Å². The minimum atomic E-state index is -0.0301. The van der Waals surface area contributed by atoms with E-state index in [4.69, 9.17) is 11.6 Å². The lowest BCUT2D eigenvalue weighted by Crippen LogP contribution is -2.17. The molecule has 2 rings (SSSR count). The van der Waals surface area contributed by atoms with Crippen LogP contribution in [0.15, 0.2) is 27.3 Å². The van der Waals surface area contributed by atoms with Crippen molar-refractivity contribution in [2.24, 2.45) is 15.0 Å². The summed E-state index contributed by atoms with van der Waals surface area (Å²) in [5, 5.41) is 0.440. The Balaban J connectivity index is 2.39. The molecule has 0 fully saturated rings. The maximum atomic E-state index is 5.60. The van der Waals surface area contributed by atoms with Crippen LogP contribution in [0.4, 0.5) is 0 Å². The van der Waals surface area contributed by atoms with Crippen LogP contribution in [0, 0.1) is 0 Å². The van der Waals surface area contributed by atoms with Crippen molar-refractivity contribution in [1.82, 2.24) is 0 Å². The molecular formula is C6H4ClN3. The number of nitrogens with zero attached hydrogens (tertiary/aromatic N) is 3. The van der Waals surface area contributed by atoms with Crippen molar-refractivity contribution in [2.75, 3.05) is 0 Å². The average Bonchev–Trinajstić information content (AvgIpc) is 2.33. The van der Waals surface area contributed by atoms with Crippen LogP contribution in [0.3, 0.4) is 0 Å². The summed E-state index contributed by atoms with van der Waals surface area (Å²) in [6.45, 7) is 0. The third kappa shape index (κ3) is 0.789. The first-order chi connectivity index (χ1) is 4.86. The first-order valence-corrected chi connectivity index (χ1v) is 3.26. The molecule has 0 aromatic carbocycles. The van der Waals surface area contributed by atoms with Crippen LogP contribution >= 0.6 is 11.6 Å². The minimum Gasteiger partial charge on any atom is -0.256 e. The predicted octanol–water partition coefficient (Wildman–Crippen LogP) is 1.00. The summed E-state index contributed by atoms with van der Waals surface area (Å²) >= 11 is 5.60. The molecule has 0 aromatic rings. The highest BCUT2D eigenvalue weighted by Crippen LogP contribution is 2.11. The fourth-order valence-electron chi connectivity index (χ4n) is 0.859. The molecule has 0 saturated heterocycles. The second-order valence-electron chi connectivity index (χ2n) is 1.98. The van der Waals surface area contributed by atoms with Crippen molar-refractivity contribution in [2.45, 2.75) is 6.04 Å². The molecule has 0 aliphatic carbocycles. The number of amidine groups is 1. The number of halogens is 1. The molecule has 0 saturated carbocycles. The zero-order valence-electron chi connectivity index (χ0n) is 5.03. The molecule has 0 bridgehead atoms. The molecule has 0 radical (unpaired) electrons. The summed E-state index contributed by atoms with van der Waals surface area (Å²) in [4.78, 5) is 12.0. The zero-order chi connectivity index (χ0) is 6.97. The molecule has 2 aliphatic rings. The maximum Gasteiger partial charge on any atom is 0.156 e. The second-order valence-corrected chi connectivity index (χ2v) is 2.37. The predicted molar refractivity (Wildman–Crippen MR) is 42.1 cm³/mol. The summed E-state index contributed by atoms with van der Waals surface area (Å²) < 4.78 is 0. The average molecular weight is 154 g/mol. The van der Waals surface area contributed by atoms with Crippen LogP contribution < -0.4 is 0 Å². The molecular weight excluding hydrogens is 150 g/mol. The zero-order valence-corrected chi connectivity index (χ0v) is 5.78. The first kappa shape index (κ1) is 5.80. The van der Waals surface area contributed by atoms with E-state index in [1.807, 2.05) is 6.08 Å². The maximum absolute atomic E-state index is 5.60. The van der Waals surface area contributed by atoms with E-state index in [2.05, 4.69) is 15.0 Å². The van der Waals surface area contributed by atoms with Gasteiger partial charge < -0.3 is 0 Å². The topological polar surface area (TPSA) is 37.1 Å². The van der Waals surface area contributed by atoms with E-state index in [9.17, 15) is 0 Å². The van der Waals surface area contributed by atoms with Crippen LogP contribution in [0.1, 0.15) is 0 Å². The quantitative estimate of drug-likeness (QED) is 0.498. The molecule has 4 heteroatoms. The summed E-state index contributed by atoms with van der Waals surface area (Å²) in [6, 6.07) is -0.0301. The fraction of sp³-hybridized carbons (Fsp3) is 0.167. The molecule has 1 unspecified atom stereocenters. The molecule has 2 heterocycles.